The van der Waals surface area contributed by atoms with Crippen LogP contribution in [-0.4, -0.2) is 34.6 Å². The van der Waals surface area contributed by atoms with Gasteiger partial charge in [-0.15, -0.1) is 0 Å². The molecule has 20 heavy (non-hydrogen) atoms. The Kier molecular flexibility index (Phi) is 4.65. The first-order chi connectivity index (χ1) is 9.16. The molecule has 0 heterocycles. The molecular weight excluding hydrogens is 270 g/mol. The van der Waals surface area contributed by atoms with Gasteiger partial charge in [0.1, 0.15) is 17.2 Å². The molecule has 0 aromatic heterocycles. The van der Waals surface area contributed by atoms with E-state index in [0.29, 0.717) is 0 Å². The Balaban J connectivity index is 2.73. The van der Waals surface area contributed by atoms with Crippen molar-refractivity contribution in [3.63, 3.8) is 0 Å². The number of amides is 2. The van der Waals surface area contributed by atoms with E-state index in [9.17, 15) is 18.4 Å². The van der Waals surface area contributed by atoms with Gasteiger partial charge in [0.25, 0.3) is 0 Å². The molecule has 1 rings (SSSR count). The minimum Gasteiger partial charge on any atom is -0.480 e. The maximum Gasteiger partial charge on any atom is 0.329 e. The minimum absolute atomic E-state index is 0.0140. The summed E-state index contributed by atoms with van der Waals surface area (Å²) in [4.78, 5) is 23.8. The summed E-state index contributed by atoms with van der Waals surface area (Å²) in [5.74, 6) is -2.44. The Morgan fingerprint density at radius 2 is 1.95 bits per heavy atom. The number of nitrogens with zero attached hydrogens (tertiary/aromatic N) is 1. The first-order valence-electron chi connectivity index (χ1n) is 5.85. The van der Waals surface area contributed by atoms with Crippen LogP contribution in [0.4, 0.5) is 13.6 Å². The smallest absolute Gasteiger partial charge is 0.329 e. The van der Waals surface area contributed by atoms with E-state index in [2.05, 4.69) is 5.32 Å². The third-order valence-electron chi connectivity index (χ3n) is 3.10. The van der Waals surface area contributed by atoms with Crippen molar-refractivity contribution in [1.82, 2.24) is 10.2 Å². The number of hydrogen-bond donors (Lipinski definition) is 2. The summed E-state index contributed by atoms with van der Waals surface area (Å²) in [7, 11) is 1.31. The number of likely N-dealkylation sites (N-methyl/N-ethyl adjacent to an activating group) is 1. The molecule has 0 spiro atoms. The number of carbonyl (C=O) groups is 2. The number of carboxylic acid groups (broad SMARTS) is 1. The second kappa shape index (κ2) is 5.85. The molecule has 0 fully saturated rings. The molecule has 110 valence electrons. The van der Waals surface area contributed by atoms with E-state index in [1.165, 1.54) is 20.9 Å². The Labute approximate surface area is 115 Å². The van der Waals surface area contributed by atoms with Gasteiger partial charge in [0.15, 0.2) is 0 Å². The van der Waals surface area contributed by atoms with Crippen LogP contribution in [0.15, 0.2) is 18.2 Å². The fourth-order valence-corrected chi connectivity index (χ4v) is 1.37. The van der Waals surface area contributed by atoms with Crippen LogP contribution in [0.2, 0.25) is 0 Å². The molecule has 0 saturated heterocycles. The van der Waals surface area contributed by atoms with Crippen LogP contribution in [-0.2, 0) is 11.3 Å². The molecule has 0 radical (unpaired) electrons. The van der Waals surface area contributed by atoms with Crippen molar-refractivity contribution in [3.05, 3.63) is 35.4 Å². The van der Waals surface area contributed by atoms with Crippen molar-refractivity contribution in [2.45, 2.75) is 25.9 Å². The number of carbonyl (C=O) groups excluding carboxylic acids is 1. The lowest BCUT2D eigenvalue weighted by Crippen LogP contribution is -2.53. The third kappa shape index (κ3) is 3.43. The van der Waals surface area contributed by atoms with E-state index >= 15 is 0 Å². The Hall–Kier alpha value is -2.18. The first kappa shape index (κ1) is 15.9. The second-order valence-electron chi connectivity index (χ2n) is 4.82. The van der Waals surface area contributed by atoms with Gasteiger partial charge in [-0.2, -0.15) is 0 Å². The van der Waals surface area contributed by atoms with Crippen molar-refractivity contribution < 1.29 is 23.5 Å². The molecule has 0 aliphatic rings. The van der Waals surface area contributed by atoms with E-state index in [4.69, 9.17) is 5.11 Å². The highest BCUT2D eigenvalue weighted by Gasteiger charge is 2.35. The van der Waals surface area contributed by atoms with Crippen molar-refractivity contribution in [2.75, 3.05) is 7.05 Å². The number of nitrogens with one attached hydrogen (secondary N) is 1. The van der Waals surface area contributed by atoms with Crippen LogP contribution >= 0.6 is 0 Å². The molecule has 7 heteroatoms. The molecule has 1 aromatic rings. The SMILES string of the molecule is CN(C(=O)NCc1cc(F)ccc1F)C(C)(C)C(=O)O. The Bertz CT molecular complexity index is 532. The lowest BCUT2D eigenvalue weighted by Gasteiger charge is -2.31. The van der Waals surface area contributed by atoms with Gasteiger partial charge in [-0.3, -0.25) is 0 Å². The lowest BCUT2D eigenvalue weighted by molar-refractivity contribution is -0.146. The van der Waals surface area contributed by atoms with Crippen LogP contribution in [0.25, 0.3) is 0 Å². The predicted molar refractivity (Wildman–Crippen MR) is 68.1 cm³/mol. The van der Waals surface area contributed by atoms with Crippen LogP contribution in [0.3, 0.4) is 0 Å². The molecule has 5 nitrogen and oxygen atoms in total. The summed E-state index contributed by atoms with van der Waals surface area (Å²) in [6.45, 7) is 2.48. The Morgan fingerprint density at radius 3 is 2.50 bits per heavy atom. The van der Waals surface area contributed by atoms with Crippen LogP contribution in [0, 0.1) is 11.6 Å². The standard InChI is InChI=1S/C13H16F2N2O3/c1-13(2,11(18)19)17(3)12(20)16-7-8-6-9(14)4-5-10(8)15/h4-6H,7H2,1-3H3,(H,16,20)(H,18,19). The fraction of sp³-hybridized carbons (Fsp3) is 0.385. The maximum absolute atomic E-state index is 13.4. The number of urea groups is 1. The first-order valence-corrected chi connectivity index (χ1v) is 5.85. The molecule has 0 unspecified atom stereocenters. The zero-order valence-corrected chi connectivity index (χ0v) is 11.4. The third-order valence-corrected chi connectivity index (χ3v) is 3.10. The number of carboxylic acids is 1. The number of hydrogen-bond acceptors (Lipinski definition) is 2. The number of halogens is 2. The quantitative estimate of drug-likeness (QED) is 0.889. The van der Waals surface area contributed by atoms with Gasteiger partial charge >= 0.3 is 12.0 Å². The normalized spacial score (nSPS) is 11.1. The minimum atomic E-state index is -1.41. The van der Waals surface area contributed by atoms with Crippen LogP contribution < -0.4 is 5.32 Å². The molecule has 0 aliphatic carbocycles. The van der Waals surface area contributed by atoms with Crippen molar-refractivity contribution >= 4 is 12.0 Å². The highest BCUT2D eigenvalue weighted by molar-refractivity contribution is 5.85. The van der Waals surface area contributed by atoms with Gasteiger partial charge in [0.05, 0.1) is 0 Å². The van der Waals surface area contributed by atoms with Crippen molar-refractivity contribution in [2.24, 2.45) is 0 Å². The average molecular weight is 286 g/mol. The van der Waals surface area contributed by atoms with E-state index < -0.39 is 29.2 Å². The number of aliphatic carboxylic acids is 1. The zero-order chi connectivity index (χ0) is 15.5. The summed E-state index contributed by atoms with van der Waals surface area (Å²) < 4.78 is 26.3. The number of rotatable bonds is 4. The topological polar surface area (TPSA) is 69.6 Å². The molecule has 0 atom stereocenters. The van der Waals surface area contributed by atoms with Gasteiger partial charge < -0.3 is 15.3 Å². The fourth-order valence-electron chi connectivity index (χ4n) is 1.37. The summed E-state index contributed by atoms with van der Waals surface area (Å²) >= 11 is 0. The molecule has 2 amide bonds. The Morgan fingerprint density at radius 1 is 1.35 bits per heavy atom. The van der Waals surface area contributed by atoms with Crippen LogP contribution in [0.1, 0.15) is 19.4 Å². The highest BCUT2D eigenvalue weighted by atomic mass is 19.1. The maximum atomic E-state index is 13.4. The van der Waals surface area contributed by atoms with Crippen molar-refractivity contribution in [3.8, 4) is 0 Å². The highest BCUT2D eigenvalue weighted by Crippen LogP contribution is 2.13. The van der Waals surface area contributed by atoms with Gasteiger partial charge in [-0.1, -0.05) is 0 Å². The monoisotopic (exact) mass is 286 g/mol. The lowest BCUT2D eigenvalue weighted by atomic mass is 10.1. The molecule has 0 aliphatic heterocycles. The van der Waals surface area contributed by atoms with Gasteiger partial charge in [-0.05, 0) is 32.0 Å². The van der Waals surface area contributed by atoms with Gasteiger partial charge in [0, 0.05) is 19.2 Å². The zero-order valence-electron chi connectivity index (χ0n) is 11.4. The molecular formula is C13H16F2N2O3. The molecule has 0 saturated carbocycles. The average Bonchev–Trinajstić information content (AvgIpc) is 2.38. The second-order valence-corrected chi connectivity index (χ2v) is 4.82. The van der Waals surface area contributed by atoms with E-state index in [1.807, 2.05) is 0 Å². The summed E-state index contributed by atoms with van der Waals surface area (Å²) in [5.41, 5.74) is -1.43. The molecule has 0 bridgehead atoms. The van der Waals surface area contributed by atoms with Crippen molar-refractivity contribution in [1.29, 1.82) is 0 Å². The molecule has 1 aromatic carbocycles. The number of benzene rings is 1. The van der Waals surface area contributed by atoms with Gasteiger partial charge in [0.2, 0.25) is 0 Å². The van der Waals surface area contributed by atoms with E-state index in [-0.39, 0.29) is 12.1 Å². The van der Waals surface area contributed by atoms with E-state index in [1.54, 1.807) is 0 Å². The van der Waals surface area contributed by atoms with Crippen LogP contribution in [0.5, 0.6) is 0 Å². The van der Waals surface area contributed by atoms with Gasteiger partial charge in [-0.25, -0.2) is 18.4 Å². The predicted octanol–water partition coefficient (Wildman–Crippen LogP) is 1.97. The molecule has 2 N–H and O–H groups in total. The summed E-state index contributed by atoms with van der Waals surface area (Å²) in [5, 5.41) is 11.3. The largest absolute Gasteiger partial charge is 0.480 e. The summed E-state index contributed by atoms with van der Waals surface area (Å²) in [6.07, 6.45) is 0. The van der Waals surface area contributed by atoms with E-state index in [0.717, 1.165) is 23.1 Å². The summed E-state index contributed by atoms with van der Waals surface area (Å²) in [6, 6.07) is 2.21.